The van der Waals surface area contributed by atoms with Gasteiger partial charge in [0, 0.05) is 28.2 Å². The van der Waals surface area contributed by atoms with Gasteiger partial charge < -0.3 is 0 Å². The number of hydrogen-bond acceptors (Lipinski definition) is 6. The Morgan fingerprint density at radius 2 is 1.93 bits per heavy atom. The number of aromatic nitrogens is 3. The van der Waals surface area contributed by atoms with Gasteiger partial charge in [0.25, 0.3) is 5.56 Å². The Kier molecular flexibility index (Phi) is 5.20. The number of rotatable bonds is 4. The normalized spacial score (nSPS) is 10.6. The molecule has 4 rings (SSSR count). The van der Waals surface area contributed by atoms with Crippen LogP contribution in [0.2, 0.25) is 5.02 Å². The van der Waals surface area contributed by atoms with Crippen LogP contribution in [0.1, 0.15) is 12.0 Å². The third-order valence-corrected chi connectivity index (χ3v) is 6.00. The second kappa shape index (κ2) is 7.96. The summed E-state index contributed by atoms with van der Waals surface area (Å²) in [5.74, 6) is 0. The molecular formula is C21H12ClN5O2S. The Hall–Kier alpha value is -3.72. The number of nitriles is 2. The van der Waals surface area contributed by atoms with Crippen LogP contribution in [0.15, 0.2) is 58.4 Å². The van der Waals surface area contributed by atoms with E-state index >= 15 is 0 Å². The molecule has 0 saturated heterocycles. The number of pyridine rings is 1. The molecule has 9 heteroatoms. The summed E-state index contributed by atoms with van der Waals surface area (Å²) in [6, 6.07) is 14.4. The van der Waals surface area contributed by atoms with E-state index in [2.05, 4.69) is 4.98 Å². The molecule has 0 saturated carbocycles. The van der Waals surface area contributed by atoms with Crippen LogP contribution in [-0.2, 0) is 6.54 Å². The lowest BCUT2D eigenvalue weighted by Crippen LogP contribution is -2.38. The molecule has 0 fully saturated rings. The third kappa shape index (κ3) is 3.29. The summed E-state index contributed by atoms with van der Waals surface area (Å²) in [6.45, 7) is 0.121. The summed E-state index contributed by atoms with van der Waals surface area (Å²) in [4.78, 5) is 31.2. The zero-order valence-corrected chi connectivity index (χ0v) is 16.9. The molecule has 0 radical (unpaired) electrons. The van der Waals surface area contributed by atoms with Gasteiger partial charge in [0.05, 0.1) is 35.5 Å². The summed E-state index contributed by atoms with van der Waals surface area (Å²) in [6.07, 6.45) is 2.80. The molecule has 0 aliphatic heterocycles. The summed E-state index contributed by atoms with van der Waals surface area (Å²) in [7, 11) is 0. The number of hydrogen-bond donors (Lipinski definition) is 0. The van der Waals surface area contributed by atoms with E-state index in [4.69, 9.17) is 22.1 Å². The van der Waals surface area contributed by atoms with Gasteiger partial charge in [0.15, 0.2) is 0 Å². The van der Waals surface area contributed by atoms with Gasteiger partial charge in [-0.1, -0.05) is 29.8 Å². The molecule has 1 aromatic carbocycles. The lowest BCUT2D eigenvalue weighted by atomic mass is 10.2. The van der Waals surface area contributed by atoms with E-state index in [0.717, 1.165) is 15.0 Å². The lowest BCUT2D eigenvalue weighted by molar-refractivity contribution is 0.662. The van der Waals surface area contributed by atoms with Crippen molar-refractivity contribution in [3.8, 4) is 28.3 Å². The van der Waals surface area contributed by atoms with E-state index in [0.29, 0.717) is 15.2 Å². The van der Waals surface area contributed by atoms with Gasteiger partial charge in [-0.05, 0) is 18.2 Å². The smallest absolute Gasteiger partial charge is 0.291 e. The fraction of sp³-hybridized carbons (Fsp3) is 0.0952. The predicted molar refractivity (Wildman–Crippen MR) is 115 cm³/mol. The minimum atomic E-state index is -0.594. The van der Waals surface area contributed by atoms with E-state index in [1.807, 2.05) is 30.3 Å². The van der Waals surface area contributed by atoms with Crippen LogP contribution in [0.3, 0.4) is 0 Å². The highest BCUT2D eigenvalue weighted by molar-refractivity contribution is 7.22. The van der Waals surface area contributed by atoms with Gasteiger partial charge in [-0.3, -0.25) is 14.3 Å². The molecule has 0 N–H and O–H groups in total. The first-order valence-corrected chi connectivity index (χ1v) is 10.0. The van der Waals surface area contributed by atoms with Crippen molar-refractivity contribution in [2.45, 2.75) is 13.0 Å². The molecule has 0 bridgehead atoms. The van der Waals surface area contributed by atoms with E-state index in [9.17, 15) is 9.59 Å². The molecular weight excluding hydrogens is 422 g/mol. The van der Waals surface area contributed by atoms with Gasteiger partial charge in [0.1, 0.15) is 10.8 Å². The van der Waals surface area contributed by atoms with Crippen LogP contribution in [0.4, 0.5) is 0 Å². The number of thiophene rings is 1. The Bertz CT molecular complexity index is 1490. The second-order valence-electron chi connectivity index (χ2n) is 6.33. The molecule has 3 heterocycles. The van der Waals surface area contributed by atoms with E-state index in [1.54, 1.807) is 12.1 Å². The van der Waals surface area contributed by atoms with Crippen LogP contribution in [-0.4, -0.2) is 14.1 Å². The molecule has 7 nitrogen and oxygen atoms in total. The maximum atomic E-state index is 13.3. The lowest BCUT2D eigenvalue weighted by Gasteiger charge is -2.10. The Morgan fingerprint density at radius 1 is 1.13 bits per heavy atom. The topological polar surface area (TPSA) is 104 Å². The number of fused-ring (bicyclic) bond motifs is 1. The van der Waals surface area contributed by atoms with E-state index in [-0.39, 0.29) is 24.2 Å². The number of halogens is 1. The first-order chi connectivity index (χ1) is 14.5. The van der Waals surface area contributed by atoms with Crippen LogP contribution < -0.4 is 11.2 Å². The number of aryl methyl sites for hydroxylation is 1. The molecule has 3 aromatic heterocycles. The van der Waals surface area contributed by atoms with Crippen molar-refractivity contribution in [2.24, 2.45) is 0 Å². The van der Waals surface area contributed by atoms with E-state index < -0.39 is 11.2 Å². The van der Waals surface area contributed by atoms with Crippen LogP contribution in [0, 0.1) is 22.7 Å². The zero-order chi connectivity index (χ0) is 21.3. The van der Waals surface area contributed by atoms with Gasteiger partial charge in [-0.15, -0.1) is 11.3 Å². The van der Waals surface area contributed by atoms with Crippen molar-refractivity contribution in [1.82, 2.24) is 14.1 Å². The molecule has 0 aliphatic rings. The van der Waals surface area contributed by atoms with Crippen molar-refractivity contribution < 1.29 is 0 Å². The average molecular weight is 434 g/mol. The van der Waals surface area contributed by atoms with Crippen molar-refractivity contribution in [3.63, 3.8) is 0 Å². The highest BCUT2D eigenvalue weighted by atomic mass is 35.5. The average Bonchev–Trinajstić information content (AvgIpc) is 3.19. The van der Waals surface area contributed by atoms with Gasteiger partial charge in [0.2, 0.25) is 0 Å². The predicted octanol–water partition coefficient (Wildman–Crippen LogP) is 3.71. The van der Waals surface area contributed by atoms with Crippen molar-refractivity contribution in [2.75, 3.05) is 0 Å². The minimum absolute atomic E-state index is 0.0982. The molecule has 0 amide bonds. The summed E-state index contributed by atoms with van der Waals surface area (Å²) in [5, 5.41) is 18.7. The largest absolute Gasteiger partial charge is 0.336 e. The third-order valence-electron chi connectivity index (χ3n) is 4.52. The van der Waals surface area contributed by atoms with Gasteiger partial charge in [-0.25, -0.2) is 9.36 Å². The Labute approximate surface area is 179 Å². The molecule has 4 aromatic rings. The SMILES string of the molecule is N#CCCn1c(=O)n(-c2cncc(C#N)c2)c(=O)c2sc(-c3ccccc3Cl)cc21. The Morgan fingerprint density at radius 3 is 2.67 bits per heavy atom. The van der Waals surface area contributed by atoms with Crippen molar-refractivity contribution in [3.05, 3.63) is 80.2 Å². The van der Waals surface area contributed by atoms with Gasteiger partial charge >= 0.3 is 5.69 Å². The van der Waals surface area contributed by atoms with E-state index in [1.165, 1.54) is 34.4 Å². The summed E-state index contributed by atoms with van der Waals surface area (Å²) >= 11 is 7.53. The second-order valence-corrected chi connectivity index (χ2v) is 7.79. The molecule has 0 spiro atoms. The maximum absolute atomic E-state index is 13.3. The number of nitrogens with zero attached hydrogens (tertiary/aromatic N) is 5. The van der Waals surface area contributed by atoms with Gasteiger partial charge in [-0.2, -0.15) is 10.5 Å². The Balaban J connectivity index is 2.06. The summed E-state index contributed by atoms with van der Waals surface area (Å²) < 4.78 is 2.74. The minimum Gasteiger partial charge on any atom is -0.291 e. The number of benzene rings is 1. The quantitative estimate of drug-likeness (QED) is 0.487. The molecule has 30 heavy (non-hydrogen) atoms. The molecule has 0 unspecified atom stereocenters. The van der Waals surface area contributed by atoms with Crippen molar-refractivity contribution >= 4 is 33.2 Å². The molecule has 0 atom stereocenters. The fourth-order valence-corrected chi connectivity index (χ4v) is 4.58. The standard InChI is InChI=1S/C21H12ClN5O2S/c22-16-5-2-1-4-15(16)18-9-17-19(30-18)20(28)27(21(29)26(17)7-3-6-23)14-8-13(10-24)11-25-12-14/h1-2,4-5,8-9,11-12H,3,7H2. The summed E-state index contributed by atoms with van der Waals surface area (Å²) in [5.41, 5.74) is 0.515. The highest BCUT2D eigenvalue weighted by Crippen LogP contribution is 2.35. The zero-order valence-electron chi connectivity index (χ0n) is 15.4. The fourth-order valence-electron chi connectivity index (χ4n) is 3.16. The molecule has 146 valence electrons. The maximum Gasteiger partial charge on any atom is 0.336 e. The van der Waals surface area contributed by atoms with Crippen LogP contribution in [0.5, 0.6) is 0 Å². The van der Waals surface area contributed by atoms with Crippen LogP contribution in [0.25, 0.3) is 26.3 Å². The highest BCUT2D eigenvalue weighted by Gasteiger charge is 2.19. The van der Waals surface area contributed by atoms with Crippen LogP contribution >= 0.6 is 22.9 Å². The monoisotopic (exact) mass is 433 g/mol. The first-order valence-electron chi connectivity index (χ1n) is 8.82. The first kappa shape index (κ1) is 19.6. The van der Waals surface area contributed by atoms with Crippen molar-refractivity contribution in [1.29, 1.82) is 10.5 Å². The molecule has 0 aliphatic carbocycles.